The third-order valence-electron chi connectivity index (χ3n) is 4.23. The van der Waals surface area contributed by atoms with E-state index < -0.39 is 17.1 Å². The number of amides is 1. The van der Waals surface area contributed by atoms with Crippen molar-refractivity contribution in [1.82, 2.24) is 5.32 Å². The molecule has 0 unspecified atom stereocenters. The largest absolute Gasteiger partial charge is 0.449 e. The van der Waals surface area contributed by atoms with E-state index in [1.54, 1.807) is 0 Å². The van der Waals surface area contributed by atoms with Crippen LogP contribution in [0.5, 0.6) is 0 Å². The Morgan fingerprint density at radius 2 is 1.80 bits per heavy atom. The molecule has 0 radical (unpaired) electrons. The molecule has 2 saturated carbocycles. The molecular formula is C14H22ClNO4. The van der Waals surface area contributed by atoms with Crippen LogP contribution in [0.15, 0.2) is 0 Å². The molecule has 6 heteroatoms. The number of hydrogen-bond acceptors (Lipinski definition) is 4. The Hall–Kier alpha value is -0.970. The second kappa shape index (κ2) is 5.10. The van der Waals surface area contributed by atoms with Gasteiger partial charge in [0, 0.05) is 5.54 Å². The number of alkyl halides is 1. The predicted molar refractivity (Wildman–Crippen MR) is 74.4 cm³/mol. The molecule has 0 saturated heterocycles. The maximum Gasteiger partial charge on any atom is 0.408 e. The fourth-order valence-corrected chi connectivity index (χ4v) is 3.48. The number of nitrogens with one attached hydrogen (secondary N) is 1. The van der Waals surface area contributed by atoms with Crippen molar-refractivity contribution in [2.24, 2.45) is 5.41 Å². The van der Waals surface area contributed by atoms with Crippen LogP contribution in [-0.2, 0) is 14.3 Å². The summed E-state index contributed by atoms with van der Waals surface area (Å²) >= 11 is 5.47. The van der Waals surface area contributed by atoms with Crippen LogP contribution in [0.2, 0.25) is 0 Å². The quantitative estimate of drug-likeness (QED) is 0.643. The third kappa shape index (κ3) is 3.03. The second-order valence-corrected chi connectivity index (χ2v) is 7.12. The number of hydrogen-bond donors (Lipinski definition) is 1. The zero-order valence-electron chi connectivity index (χ0n) is 12.3. The fourth-order valence-electron chi connectivity index (χ4n) is 3.38. The van der Waals surface area contributed by atoms with Crippen molar-refractivity contribution in [3.8, 4) is 0 Å². The molecule has 0 atom stereocenters. The summed E-state index contributed by atoms with van der Waals surface area (Å²) in [6.45, 7) is 5.49. The predicted octanol–water partition coefficient (Wildman–Crippen LogP) is 2.95. The van der Waals surface area contributed by atoms with Crippen LogP contribution in [0, 0.1) is 5.41 Å². The topological polar surface area (TPSA) is 64.6 Å². The monoisotopic (exact) mass is 303 g/mol. The summed E-state index contributed by atoms with van der Waals surface area (Å²) in [4.78, 5) is 24.0. The van der Waals surface area contributed by atoms with Crippen LogP contribution in [-0.4, -0.2) is 29.3 Å². The lowest BCUT2D eigenvalue weighted by Crippen LogP contribution is -2.47. The minimum absolute atomic E-state index is 0.118. The van der Waals surface area contributed by atoms with Gasteiger partial charge in [0.05, 0.1) is 5.41 Å². The van der Waals surface area contributed by atoms with Gasteiger partial charge in [-0.1, -0.05) is 11.6 Å². The van der Waals surface area contributed by atoms with E-state index in [-0.39, 0.29) is 17.6 Å². The minimum atomic E-state index is -0.521. The van der Waals surface area contributed by atoms with Crippen LogP contribution in [0.4, 0.5) is 4.79 Å². The lowest BCUT2D eigenvalue weighted by atomic mass is 9.84. The van der Waals surface area contributed by atoms with Gasteiger partial charge in [-0.15, -0.1) is 0 Å². The molecule has 0 spiro atoms. The molecule has 0 heterocycles. The van der Waals surface area contributed by atoms with Crippen LogP contribution in [0.1, 0.15) is 52.9 Å². The number of halogens is 1. The van der Waals surface area contributed by atoms with Crippen molar-refractivity contribution < 1.29 is 19.1 Å². The van der Waals surface area contributed by atoms with E-state index in [2.05, 4.69) is 5.32 Å². The van der Waals surface area contributed by atoms with Crippen molar-refractivity contribution in [2.45, 2.75) is 64.0 Å². The van der Waals surface area contributed by atoms with E-state index in [1.165, 1.54) is 0 Å². The van der Waals surface area contributed by atoms with Crippen molar-refractivity contribution in [3.63, 3.8) is 0 Å². The van der Waals surface area contributed by atoms with E-state index in [9.17, 15) is 9.59 Å². The summed E-state index contributed by atoms with van der Waals surface area (Å²) < 4.78 is 10.3. The standard InChI is InChI=1S/C14H22ClNO4/c1-12(2,3)20-11(18)16-14-6-4-13(8-14,5-7-14)10(17)19-9-15/h4-9H2,1-3H3,(H,16,18). The molecule has 2 rings (SSSR count). The van der Waals surface area contributed by atoms with Gasteiger partial charge in [0.1, 0.15) is 5.60 Å². The Morgan fingerprint density at radius 1 is 1.20 bits per heavy atom. The lowest BCUT2D eigenvalue weighted by molar-refractivity contribution is -0.153. The molecule has 1 amide bonds. The smallest absolute Gasteiger partial charge is 0.408 e. The highest BCUT2D eigenvalue weighted by atomic mass is 35.5. The molecule has 20 heavy (non-hydrogen) atoms. The van der Waals surface area contributed by atoms with Gasteiger partial charge in [0.25, 0.3) is 0 Å². The number of alkyl carbamates (subject to hydrolysis) is 1. The SMILES string of the molecule is CC(C)(C)OC(=O)NC12CCC(C(=O)OCCl)(CC1)C2. The van der Waals surface area contributed by atoms with Crippen molar-refractivity contribution >= 4 is 23.7 Å². The van der Waals surface area contributed by atoms with E-state index in [0.717, 1.165) is 25.7 Å². The van der Waals surface area contributed by atoms with Crippen LogP contribution < -0.4 is 5.32 Å². The first-order valence-corrected chi connectivity index (χ1v) is 7.48. The molecule has 2 bridgehead atoms. The first kappa shape index (κ1) is 15.4. The van der Waals surface area contributed by atoms with Gasteiger partial charge in [-0.2, -0.15) is 0 Å². The van der Waals surface area contributed by atoms with Gasteiger partial charge in [-0.05, 0) is 52.9 Å². The number of rotatable bonds is 3. The second-order valence-electron chi connectivity index (χ2n) is 6.91. The Morgan fingerprint density at radius 3 is 2.30 bits per heavy atom. The molecule has 114 valence electrons. The number of fused-ring (bicyclic) bond motifs is 2. The average molecular weight is 304 g/mol. The summed E-state index contributed by atoms with van der Waals surface area (Å²) in [5, 5.41) is 2.96. The zero-order valence-corrected chi connectivity index (χ0v) is 13.0. The summed E-state index contributed by atoms with van der Waals surface area (Å²) in [7, 11) is 0. The van der Waals surface area contributed by atoms with Gasteiger partial charge in [0.2, 0.25) is 0 Å². The van der Waals surface area contributed by atoms with E-state index >= 15 is 0 Å². The van der Waals surface area contributed by atoms with Crippen molar-refractivity contribution in [3.05, 3.63) is 0 Å². The maximum absolute atomic E-state index is 12.0. The van der Waals surface area contributed by atoms with Crippen molar-refractivity contribution in [2.75, 3.05) is 6.07 Å². The first-order chi connectivity index (χ1) is 9.20. The number of esters is 1. The van der Waals surface area contributed by atoms with Crippen molar-refractivity contribution in [1.29, 1.82) is 0 Å². The Balaban J connectivity index is 1.99. The normalized spacial score (nSPS) is 32.0. The lowest BCUT2D eigenvalue weighted by Gasteiger charge is -2.29. The third-order valence-corrected chi connectivity index (χ3v) is 4.33. The molecule has 2 aliphatic rings. The number of carbonyl (C=O) groups is 2. The first-order valence-electron chi connectivity index (χ1n) is 6.95. The zero-order chi connectivity index (χ0) is 15.0. The molecule has 2 fully saturated rings. The molecule has 0 aliphatic heterocycles. The molecular weight excluding hydrogens is 282 g/mol. The Bertz CT molecular complexity index is 408. The molecule has 1 N–H and O–H groups in total. The van der Waals surface area contributed by atoms with Gasteiger partial charge in [-0.3, -0.25) is 4.79 Å². The summed E-state index contributed by atoms with van der Waals surface area (Å²) in [6, 6.07) is -0.118. The van der Waals surface area contributed by atoms with E-state index in [4.69, 9.17) is 21.1 Å². The summed E-state index contributed by atoms with van der Waals surface area (Å²) in [5.41, 5.74) is -1.32. The molecule has 0 aromatic heterocycles. The Kier molecular flexibility index (Phi) is 3.93. The van der Waals surface area contributed by atoms with Gasteiger partial charge in [-0.25, -0.2) is 4.79 Å². The average Bonchev–Trinajstić information content (AvgIpc) is 2.83. The molecule has 5 nitrogen and oxygen atoms in total. The summed E-state index contributed by atoms with van der Waals surface area (Å²) in [6.07, 6.45) is 3.24. The van der Waals surface area contributed by atoms with Gasteiger partial charge in [0.15, 0.2) is 6.07 Å². The van der Waals surface area contributed by atoms with Crippen LogP contribution >= 0.6 is 11.6 Å². The highest BCUT2D eigenvalue weighted by molar-refractivity contribution is 6.17. The molecule has 2 aliphatic carbocycles. The Labute approximate surface area is 124 Å². The number of ether oxygens (including phenoxy) is 2. The van der Waals surface area contributed by atoms with Gasteiger partial charge < -0.3 is 14.8 Å². The van der Waals surface area contributed by atoms with E-state index in [0.29, 0.717) is 6.42 Å². The highest BCUT2D eigenvalue weighted by Gasteiger charge is 2.59. The fraction of sp³-hybridized carbons (Fsp3) is 0.857. The minimum Gasteiger partial charge on any atom is -0.449 e. The van der Waals surface area contributed by atoms with Crippen LogP contribution in [0.25, 0.3) is 0 Å². The van der Waals surface area contributed by atoms with Gasteiger partial charge >= 0.3 is 12.1 Å². The highest BCUT2D eigenvalue weighted by Crippen LogP contribution is 2.57. The molecule has 0 aromatic carbocycles. The maximum atomic E-state index is 12.0. The van der Waals surface area contributed by atoms with Crippen LogP contribution in [0.3, 0.4) is 0 Å². The van der Waals surface area contributed by atoms with E-state index in [1.807, 2.05) is 20.8 Å². The summed E-state index contributed by atoms with van der Waals surface area (Å²) in [5.74, 6) is -0.238. The molecule has 0 aromatic rings. The number of carbonyl (C=O) groups excluding carboxylic acids is 2.